The number of rotatable bonds is 4. The van der Waals surface area contributed by atoms with Crippen LogP contribution in [-0.2, 0) is 6.54 Å². The van der Waals surface area contributed by atoms with Gasteiger partial charge in [-0.15, -0.1) is 0 Å². The highest BCUT2D eigenvalue weighted by molar-refractivity contribution is 5.92. The third-order valence-corrected chi connectivity index (χ3v) is 4.32. The SMILES string of the molecule is O=C(NCc1ccc(F)cc1)c1ccc(N2CCCCCC2)cn1. The number of hydrogen-bond donors (Lipinski definition) is 1. The molecule has 5 heteroatoms. The number of benzene rings is 1. The molecule has 24 heavy (non-hydrogen) atoms. The third-order valence-electron chi connectivity index (χ3n) is 4.32. The van der Waals surface area contributed by atoms with E-state index in [1.807, 2.05) is 6.07 Å². The summed E-state index contributed by atoms with van der Waals surface area (Å²) in [5.41, 5.74) is 2.33. The van der Waals surface area contributed by atoms with E-state index in [2.05, 4.69) is 15.2 Å². The average molecular weight is 327 g/mol. The molecule has 0 spiro atoms. The van der Waals surface area contributed by atoms with Crippen LogP contribution in [0.25, 0.3) is 0 Å². The minimum absolute atomic E-state index is 0.221. The summed E-state index contributed by atoms with van der Waals surface area (Å²) in [5.74, 6) is -0.502. The number of aromatic nitrogens is 1. The second kappa shape index (κ2) is 7.90. The van der Waals surface area contributed by atoms with Gasteiger partial charge < -0.3 is 10.2 Å². The van der Waals surface area contributed by atoms with E-state index in [-0.39, 0.29) is 11.7 Å². The maximum Gasteiger partial charge on any atom is 0.270 e. The van der Waals surface area contributed by atoms with Crippen LogP contribution in [0.4, 0.5) is 10.1 Å². The highest BCUT2D eigenvalue weighted by atomic mass is 19.1. The first-order valence-corrected chi connectivity index (χ1v) is 8.46. The Balaban J connectivity index is 1.58. The summed E-state index contributed by atoms with van der Waals surface area (Å²) in [4.78, 5) is 18.8. The number of pyridine rings is 1. The fourth-order valence-corrected chi connectivity index (χ4v) is 2.91. The number of halogens is 1. The zero-order valence-corrected chi connectivity index (χ0v) is 13.7. The van der Waals surface area contributed by atoms with Gasteiger partial charge in [-0.25, -0.2) is 9.37 Å². The van der Waals surface area contributed by atoms with Gasteiger partial charge in [0.15, 0.2) is 0 Å². The molecule has 0 bridgehead atoms. The number of amides is 1. The Morgan fingerprint density at radius 2 is 1.75 bits per heavy atom. The van der Waals surface area contributed by atoms with Crippen molar-refractivity contribution in [3.63, 3.8) is 0 Å². The van der Waals surface area contributed by atoms with Crippen LogP contribution in [0.15, 0.2) is 42.6 Å². The van der Waals surface area contributed by atoms with Gasteiger partial charge >= 0.3 is 0 Å². The van der Waals surface area contributed by atoms with Crippen LogP contribution in [0.2, 0.25) is 0 Å². The Morgan fingerprint density at radius 1 is 1.04 bits per heavy atom. The van der Waals surface area contributed by atoms with Gasteiger partial charge in [-0.2, -0.15) is 0 Å². The average Bonchev–Trinajstić information content (AvgIpc) is 2.90. The van der Waals surface area contributed by atoms with Crippen LogP contribution < -0.4 is 10.2 Å². The lowest BCUT2D eigenvalue weighted by molar-refractivity contribution is 0.0946. The van der Waals surface area contributed by atoms with Crippen molar-refractivity contribution < 1.29 is 9.18 Å². The first-order valence-electron chi connectivity index (χ1n) is 8.46. The fourth-order valence-electron chi connectivity index (χ4n) is 2.91. The van der Waals surface area contributed by atoms with E-state index < -0.39 is 0 Å². The molecular formula is C19H22FN3O. The molecule has 1 fully saturated rings. The molecular weight excluding hydrogens is 305 g/mol. The maximum absolute atomic E-state index is 12.9. The summed E-state index contributed by atoms with van der Waals surface area (Å²) in [6, 6.07) is 9.81. The van der Waals surface area contributed by atoms with E-state index in [0.29, 0.717) is 12.2 Å². The highest BCUT2D eigenvalue weighted by Gasteiger charge is 2.12. The van der Waals surface area contributed by atoms with Crippen molar-refractivity contribution in [3.05, 3.63) is 59.7 Å². The minimum Gasteiger partial charge on any atom is -0.370 e. The molecule has 4 nitrogen and oxygen atoms in total. The largest absolute Gasteiger partial charge is 0.370 e. The molecule has 0 saturated carbocycles. The van der Waals surface area contributed by atoms with E-state index in [1.165, 1.54) is 37.8 Å². The second-order valence-corrected chi connectivity index (χ2v) is 6.11. The summed E-state index contributed by atoms with van der Waals surface area (Å²) >= 11 is 0. The first kappa shape index (κ1) is 16.4. The van der Waals surface area contributed by atoms with Crippen LogP contribution >= 0.6 is 0 Å². The molecule has 0 atom stereocenters. The Kier molecular flexibility index (Phi) is 5.41. The molecule has 0 aliphatic carbocycles. The topological polar surface area (TPSA) is 45.2 Å². The lowest BCUT2D eigenvalue weighted by atomic mass is 10.2. The standard InChI is InChI=1S/C19H22FN3O/c20-16-7-5-15(6-8-16)13-22-19(24)18-10-9-17(14-21-18)23-11-3-1-2-4-12-23/h5-10,14H,1-4,11-13H2,(H,22,24). The van der Waals surface area contributed by atoms with Crippen molar-refractivity contribution >= 4 is 11.6 Å². The molecule has 2 aromatic rings. The quantitative estimate of drug-likeness (QED) is 0.934. The molecule has 1 N–H and O–H groups in total. The Hall–Kier alpha value is -2.43. The maximum atomic E-state index is 12.9. The number of nitrogens with zero attached hydrogens (tertiary/aromatic N) is 2. The predicted molar refractivity (Wildman–Crippen MR) is 92.5 cm³/mol. The zero-order chi connectivity index (χ0) is 16.8. The predicted octanol–water partition coefficient (Wildman–Crippen LogP) is 3.53. The van der Waals surface area contributed by atoms with Gasteiger partial charge in [-0.1, -0.05) is 25.0 Å². The summed E-state index contributed by atoms with van der Waals surface area (Å²) < 4.78 is 12.9. The molecule has 3 rings (SSSR count). The summed E-state index contributed by atoms with van der Waals surface area (Å²) in [7, 11) is 0. The van der Waals surface area contributed by atoms with Gasteiger partial charge in [0.1, 0.15) is 11.5 Å². The molecule has 1 aliphatic heterocycles. The van der Waals surface area contributed by atoms with Crippen molar-refractivity contribution in [1.82, 2.24) is 10.3 Å². The van der Waals surface area contributed by atoms with Gasteiger partial charge in [0.25, 0.3) is 5.91 Å². The molecule has 1 aromatic carbocycles. The van der Waals surface area contributed by atoms with Crippen LogP contribution in [0, 0.1) is 5.82 Å². The minimum atomic E-state index is -0.282. The van der Waals surface area contributed by atoms with Crippen molar-refractivity contribution in [1.29, 1.82) is 0 Å². The van der Waals surface area contributed by atoms with Crippen molar-refractivity contribution in [2.45, 2.75) is 32.2 Å². The third kappa shape index (κ3) is 4.31. The highest BCUT2D eigenvalue weighted by Crippen LogP contribution is 2.18. The molecule has 1 saturated heterocycles. The smallest absolute Gasteiger partial charge is 0.270 e. The lowest BCUT2D eigenvalue weighted by Crippen LogP contribution is -2.26. The van der Waals surface area contributed by atoms with E-state index in [0.717, 1.165) is 24.3 Å². The molecule has 1 aromatic heterocycles. The second-order valence-electron chi connectivity index (χ2n) is 6.11. The monoisotopic (exact) mass is 327 g/mol. The summed E-state index contributed by atoms with van der Waals surface area (Å²) in [6.07, 6.45) is 6.76. The molecule has 0 unspecified atom stereocenters. The van der Waals surface area contributed by atoms with E-state index in [9.17, 15) is 9.18 Å². The van der Waals surface area contributed by atoms with E-state index in [1.54, 1.807) is 24.4 Å². The number of carbonyl (C=O) groups is 1. The van der Waals surface area contributed by atoms with Crippen LogP contribution in [-0.4, -0.2) is 24.0 Å². The van der Waals surface area contributed by atoms with Gasteiger partial charge in [0, 0.05) is 19.6 Å². The number of nitrogens with one attached hydrogen (secondary N) is 1. The van der Waals surface area contributed by atoms with Crippen LogP contribution in [0.1, 0.15) is 41.7 Å². The van der Waals surface area contributed by atoms with E-state index in [4.69, 9.17) is 0 Å². The first-order chi connectivity index (χ1) is 11.7. The van der Waals surface area contributed by atoms with Gasteiger partial charge in [0.2, 0.25) is 0 Å². The van der Waals surface area contributed by atoms with Gasteiger partial charge in [-0.3, -0.25) is 4.79 Å². The Bertz CT molecular complexity index is 662. The van der Waals surface area contributed by atoms with Gasteiger partial charge in [0.05, 0.1) is 11.9 Å². The number of carbonyl (C=O) groups excluding carboxylic acids is 1. The Labute approximate surface area is 141 Å². The van der Waals surface area contributed by atoms with Crippen LogP contribution in [0.3, 0.4) is 0 Å². The number of hydrogen-bond acceptors (Lipinski definition) is 3. The van der Waals surface area contributed by atoms with E-state index >= 15 is 0 Å². The lowest BCUT2D eigenvalue weighted by Gasteiger charge is -2.22. The van der Waals surface area contributed by atoms with Crippen molar-refractivity contribution in [2.24, 2.45) is 0 Å². The summed E-state index contributed by atoms with van der Waals surface area (Å²) in [5, 5.41) is 2.81. The summed E-state index contributed by atoms with van der Waals surface area (Å²) in [6.45, 7) is 2.46. The number of anilines is 1. The van der Waals surface area contributed by atoms with Crippen LogP contribution in [0.5, 0.6) is 0 Å². The van der Waals surface area contributed by atoms with Crippen molar-refractivity contribution in [3.8, 4) is 0 Å². The molecule has 0 radical (unpaired) electrons. The fraction of sp³-hybridized carbons (Fsp3) is 0.368. The zero-order valence-electron chi connectivity index (χ0n) is 13.7. The molecule has 2 heterocycles. The van der Waals surface area contributed by atoms with Crippen molar-refractivity contribution in [2.75, 3.05) is 18.0 Å². The normalized spacial score (nSPS) is 15.0. The molecule has 1 aliphatic rings. The molecule has 126 valence electrons. The van der Waals surface area contributed by atoms with Gasteiger partial charge in [-0.05, 0) is 42.7 Å². The Morgan fingerprint density at radius 3 is 2.38 bits per heavy atom. The molecule has 1 amide bonds.